The summed E-state index contributed by atoms with van der Waals surface area (Å²) in [4.78, 5) is 11.3. The SMILES string of the molecule is CC1(C)COc2cc(-c3cc(Cl)cc(Cl)c3)ccc2C1OC(N)=O. The lowest BCUT2D eigenvalue weighted by Gasteiger charge is -2.38. The first-order chi connectivity index (χ1) is 11.3. The van der Waals surface area contributed by atoms with Gasteiger partial charge in [0.05, 0.1) is 6.61 Å². The highest BCUT2D eigenvalue weighted by atomic mass is 35.5. The Bertz CT molecular complexity index is 785. The first-order valence-corrected chi connectivity index (χ1v) is 8.21. The highest BCUT2D eigenvalue weighted by molar-refractivity contribution is 6.35. The summed E-state index contributed by atoms with van der Waals surface area (Å²) in [5.41, 5.74) is 7.44. The van der Waals surface area contributed by atoms with E-state index in [1.165, 1.54) is 0 Å². The van der Waals surface area contributed by atoms with Crippen LogP contribution >= 0.6 is 23.2 Å². The van der Waals surface area contributed by atoms with Gasteiger partial charge in [-0.15, -0.1) is 0 Å². The van der Waals surface area contributed by atoms with Crippen molar-refractivity contribution < 1.29 is 14.3 Å². The maximum Gasteiger partial charge on any atom is 0.405 e. The van der Waals surface area contributed by atoms with Crippen LogP contribution in [0.1, 0.15) is 25.5 Å². The van der Waals surface area contributed by atoms with Crippen LogP contribution in [0.3, 0.4) is 0 Å². The summed E-state index contributed by atoms with van der Waals surface area (Å²) in [7, 11) is 0. The molecule has 0 aliphatic carbocycles. The fourth-order valence-corrected chi connectivity index (χ4v) is 3.40. The fraction of sp³-hybridized carbons (Fsp3) is 0.278. The number of fused-ring (bicyclic) bond motifs is 1. The lowest BCUT2D eigenvalue weighted by atomic mass is 9.80. The fourth-order valence-electron chi connectivity index (χ4n) is 2.88. The molecule has 1 amide bonds. The molecule has 126 valence electrons. The number of carbonyl (C=O) groups excluding carboxylic acids is 1. The maximum absolute atomic E-state index is 11.3. The summed E-state index contributed by atoms with van der Waals surface area (Å²) in [6.45, 7) is 4.35. The molecule has 6 heteroatoms. The molecule has 0 fully saturated rings. The summed E-state index contributed by atoms with van der Waals surface area (Å²) < 4.78 is 11.2. The molecule has 0 saturated carbocycles. The van der Waals surface area contributed by atoms with Crippen molar-refractivity contribution in [3.05, 3.63) is 52.0 Å². The van der Waals surface area contributed by atoms with Crippen molar-refractivity contribution in [3.63, 3.8) is 0 Å². The highest BCUT2D eigenvalue weighted by Crippen LogP contribution is 2.46. The Labute approximate surface area is 150 Å². The van der Waals surface area contributed by atoms with Gasteiger partial charge in [-0.05, 0) is 35.4 Å². The van der Waals surface area contributed by atoms with Crippen molar-refractivity contribution in [1.82, 2.24) is 0 Å². The number of primary amides is 1. The molecule has 1 unspecified atom stereocenters. The van der Waals surface area contributed by atoms with Crippen LogP contribution in [0.4, 0.5) is 4.79 Å². The molecule has 1 aliphatic rings. The number of hydrogen-bond acceptors (Lipinski definition) is 3. The molecular weight excluding hydrogens is 349 g/mol. The van der Waals surface area contributed by atoms with Gasteiger partial charge < -0.3 is 15.2 Å². The van der Waals surface area contributed by atoms with Crippen LogP contribution in [-0.4, -0.2) is 12.7 Å². The summed E-state index contributed by atoms with van der Waals surface area (Å²) in [6, 6.07) is 11.0. The van der Waals surface area contributed by atoms with Gasteiger partial charge in [0.1, 0.15) is 11.9 Å². The van der Waals surface area contributed by atoms with Gasteiger partial charge in [-0.3, -0.25) is 0 Å². The minimum absolute atomic E-state index is 0.372. The first kappa shape index (κ1) is 16.9. The lowest BCUT2D eigenvalue weighted by Crippen LogP contribution is -2.37. The van der Waals surface area contributed by atoms with E-state index in [0.29, 0.717) is 22.4 Å². The summed E-state index contributed by atoms with van der Waals surface area (Å²) in [6.07, 6.45) is -1.26. The van der Waals surface area contributed by atoms with Crippen molar-refractivity contribution in [2.24, 2.45) is 11.1 Å². The van der Waals surface area contributed by atoms with Gasteiger partial charge in [-0.1, -0.05) is 49.2 Å². The number of nitrogens with two attached hydrogens (primary N) is 1. The van der Waals surface area contributed by atoms with Crippen LogP contribution in [-0.2, 0) is 4.74 Å². The summed E-state index contributed by atoms with van der Waals surface area (Å²) >= 11 is 12.1. The second-order valence-corrected chi connectivity index (χ2v) is 7.38. The third kappa shape index (κ3) is 3.30. The molecular formula is C18H17Cl2NO3. The molecule has 2 aromatic carbocycles. The third-order valence-corrected chi connectivity index (χ3v) is 4.47. The Morgan fingerprint density at radius 3 is 2.46 bits per heavy atom. The van der Waals surface area contributed by atoms with Gasteiger partial charge in [0.25, 0.3) is 0 Å². The monoisotopic (exact) mass is 365 g/mol. The number of carbonyl (C=O) groups is 1. The second kappa shape index (κ2) is 6.19. The number of rotatable bonds is 2. The summed E-state index contributed by atoms with van der Waals surface area (Å²) in [5.74, 6) is 0.661. The number of benzene rings is 2. The van der Waals surface area contributed by atoms with E-state index in [0.717, 1.165) is 16.7 Å². The molecule has 4 nitrogen and oxygen atoms in total. The minimum atomic E-state index is -0.799. The third-order valence-electron chi connectivity index (χ3n) is 4.04. The van der Waals surface area contributed by atoms with E-state index in [-0.39, 0.29) is 5.41 Å². The van der Waals surface area contributed by atoms with Crippen molar-refractivity contribution in [3.8, 4) is 16.9 Å². The Morgan fingerprint density at radius 1 is 1.17 bits per heavy atom. The van der Waals surface area contributed by atoms with Crippen molar-refractivity contribution in [1.29, 1.82) is 0 Å². The van der Waals surface area contributed by atoms with E-state index >= 15 is 0 Å². The predicted molar refractivity (Wildman–Crippen MR) is 94.6 cm³/mol. The topological polar surface area (TPSA) is 61.6 Å². The van der Waals surface area contributed by atoms with Crippen LogP contribution in [0.25, 0.3) is 11.1 Å². The molecule has 1 heterocycles. The van der Waals surface area contributed by atoms with Crippen molar-refractivity contribution in [2.75, 3.05) is 6.61 Å². The van der Waals surface area contributed by atoms with Crippen LogP contribution < -0.4 is 10.5 Å². The molecule has 0 radical (unpaired) electrons. The minimum Gasteiger partial charge on any atom is -0.492 e. The normalized spacial score (nSPS) is 18.4. The van der Waals surface area contributed by atoms with Gasteiger partial charge in [0.2, 0.25) is 0 Å². The van der Waals surface area contributed by atoms with Gasteiger partial charge in [0.15, 0.2) is 0 Å². The Balaban J connectivity index is 2.04. The molecule has 2 N–H and O–H groups in total. The number of halogens is 2. The average Bonchev–Trinajstić information content (AvgIpc) is 2.48. The smallest absolute Gasteiger partial charge is 0.405 e. The standard InChI is InChI=1S/C18H17Cl2NO3/c1-18(2)9-23-15-7-10(11-5-12(19)8-13(20)6-11)3-4-14(15)16(18)24-17(21)22/h3-8,16H,9H2,1-2H3,(H2,21,22). The summed E-state index contributed by atoms with van der Waals surface area (Å²) in [5, 5.41) is 1.12. The molecule has 1 aliphatic heterocycles. The molecule has 3 rings (SSSR count). The zero-order chi connectivity index (χ0) is 17.5. The molecule has 1 atom stereocenters. The molecule has 0 spiro atoms. The quantitative estimate of drug-likeness (QED) is 0.793. The van der Waals surface area contributed by atoms with Crippen LogP contribution in [0, 0.1) is 5.41 Å². The molecule has 0 bridgehead atoms. The molecule has 2 aromatic rings. The van der Waals surface area contributed by atoms with E-state index in [1.807, 2.05) is 44.2 Å². The van der Waals surface area contributed by atoms with Crippen LogP contribution in [0.15, 0.2) is 36.4 Å². The number of ether oxygens (including phenoxy) is 2. The van der Waals surface area contributed by atoms with Crippen LogP contribution in [0.2, 0.25) is 10.0 Å². The predicted octanol–water partition coefficient (Wildman–Crippen LogP) is 5.22. The Hall–Kier alpha value is -1.91. The van der Waals surface area contributed by atoms with Crippen molar-refractivity contribution in [2.45, 2.75) is 20.0 Å². The second-order valence-electron chi connectivity index (χ2n) is 6.50. The first-order valence-electron chi connectivity index (χ1n) is 7.45. The maximum atomic E-state index is 11.3. The average molecular weight is 366 g/mol. The zero-order valence-corrected chi connectivity index (χ0v) is 14.8. The van der Waals surface area contributed by atoms with E-state index < -0.39 is 12.2 Å². The largest absolute Gasteiger partial charge is 0.492 e. The number of amides is 1. The van der Waals surface area contributed by atoms with Gasteiger partial charge in [-0.2, -0.15) is 0 Å². The van der Waals surface area contributed by atoms with E-state index in [2.05, 4.69) is 0 Å². The van der Waals surface area contributed by atoms with Crippen molar-refractivity contribution >= 4 is 29.3 Å². The van der Waals surface area contributed by atoms with Gasteiger partial charge in [0, 0.05) is 21.0 Å². The van der Waals surface area contributed by atoms with Gasteiger partial charge >= 0.3 is 6.09 Å². The van der Waals surface area contributed by atoms with Crippen LogP contribution in [0.5, 0.6) is 5.75 Å². The Morgan fingerprint density at radius 2 is 1.83 bits per heavy atom. The molecule has 0 aromatic heterocycles. The molecule has 24 heavy (non-hydrogen) atoms. The highest BCUT2D eigenvalue weighted by Gasteiger charge is 2.40. The van der Waals surface area contributed by atoms with E-state index in [4.69, 9.17) is 38.4 Å². The number of hydrogen-bond donors (Lipinski definition) is 1. The van der Waals surface area contributed by atoms with E-state index in [9.17, 15) is 4.79 Å². The Kier molecular flexibility index (Phi) is 4.37. The lowest BCUT2D eigenvalue weighted by molar-refractivity contribution is -0.0176. The van der Waals surface area contributed by atoms with Gasteiger partial charge in [-0.25, -0.2) is 4.79 Å². The zero-order valence-electron chi connectivity index (χ0n) is 13.3. The molecule has 0 saturated heterocycles. The van der Waals surface area contributed by atoms with E-state index in [1.54, 1.807) is 6.07 Å².